The zero-order valence-corrected chi connectivity index (χ0v) is 12.1. The molecule has 0 bridgehead atoms. The summed E-state index contributed by atoms with van der Waals surface area (Å²) in [6, 6.07) is 3.20. The first-order chi connectivity index (χ1) is 8.49. The molecule has 1 amide bonds. The van der Waals surface area contributed by atoms with Gasteiger partial charge in [-0.2, -0.15) is 0 Å². The van der Waals surface area contributed by atoms with E-state index in [9.17, 15) is 4.79 Å². The van der Waals surface area contributed by atoms with Crippen molar-refractivity contribution in [3.05, 3.63) is 22.2 Å². The zero-order chi connectivity index (χ0) is 13.7. The minimum atomic E-state index is -0.590. The Morgan fingerprint density at radius 3 is 2.28 bits per heavy atom. The van der Waals surface area contributed by atoms with E-state index in [4.69, 9.17) is 14.6 Å². The fourth-order valence-corrected chi connectivity index (χ4v) is 1.90. The van der Waals surface area contributed by atoms with Gasteiger partial charge in [-0.1, -0.05) is 0 Å². The monoisotopic (exact) mass is 317 g/mol. The maximum atomic E-state index is 11.8. The number of halogens is 1. The number of hydrogen-bond acceptors (Lipinski definition) is 4. The summed E-state index contributed by atoms with van der Waals surface area (Å²) in [6.45, 7) is 1.79. The highest BCUT2D eigenvalue weighted by Gasteiger charge is 2.14. The van der Waals surface area contributed by atoms with Crippen LogP contribution in [0.25, 0.3) is 0 Å². The molecule has 0 heterocycles. The molecule has 6 heteroatoms. The molecule has 1 atom stereocenters. The first-order valence-electron chi connectivity index (χ1n) is 5.37. The lowest BCUT2D eigenvalue weighted by Gasteiger charge is -2.12. The average Bonchev–Trinajstić information content (AvgIpc) is 2.36. The fraction of sp³-hybridized carbons (Fsp3) is 0.417. The Morgan fingerprint density at radius 2 is 1.89 bits per heavy atom. The minimum absolute atomic E-state index is 0.194. The highest BCUT2D eigenvalue weighted by atomic mass is 79.9. The van der Waals surface area contributed by atoms with E-state index >= 15 is 0 Å². The van der Waals surface area contributed by atoms with Crippen molar-refractivity contribution in [1.29, 1.82) is 0 Å². The molecule has 0 unspecified atom stereocenters. The van der Waals surface area contributed by atoms with Crippen LogP contribution in [0.1, 0.15) is 17.3 Å². The molecule has 18 heavy (non-hydrogen) atoms. The van der Waals surface area contributed by atoms with Crippen molar-refractivity contribution in [2.75, 3.05) is 20.8 Å². The standard InChI is InChI=1S/C12H16BrNO4/c1-7(15)6-14-12(16)8-4-9(17-2)11(13)10(5-8)18-3/h4-5,7,15H,6H2,1-3H3,(H,14,16)/t7-/m0/s1. The fourth-order valence-electron chi connectivity index (χ4n) is 1.34. The number of aliphatic hydroxyl groups excluding tert-OH is 1. The highest BCUT2D eigenvalue weighted by molar-refractivity contribution is 9.10. The van der Waals surface area contributed by atoms with Crippen LogP contribution in [-0.4, -0.2) is 37.9 Å². The number of methoxy groups -OCH3 is 2. The van der Waals surface area contributed by atoms with Crippen molar-refractivity contribution in [1.82, 2.24) is 5.32 Å². The number of nitrogens with one attached hydrogen (secondary N) is 1. The van der Waals surface area contributed by atoms with E-state index in [-0.39, 0.29) is 12.5 Å². The summed E-state index contributed by atoms with van der Waals surface area (Å²) >= 11 is 3.33. The zero-order valence-electron chi connectivity index (χ0n) is 10.5. The highest BCUT2D eigenvalue weighted by Crippen LogP contribution is 2.35. The lowest BCUT2D eigenvalue weighted by Crippen LogP contribution is -2.30. The molecule has 0 spiro atoms. The van der Waals surface area contributed by atoms with Crippen LogP contribution >= 0.6 is 15.9 Å². The van der Waals surface area contributed by atoms with Crippen molar-refractivity contribution in [2.45, 2.75) is 13.0 Å². The smallest absolute Gasteiger partial charge is 0.251 e. The van der Waals surface area contributed by atoms with Gasteiger partial charge in [0.25, 0.3) is 5.91 Å². The van der Waals surface area contributed by atoms with E-state index in [1.165, 1.54) is 14.2 Å². The summed E-state index contributed by atoms with van der Waals surface area (Å²) < 4.78 is 10.9. The van der Waals surface area contributed by atoms with Crippen molar-refractivity contribution >= 4 is 21.8 Å². The van der Waals surface area contributed by atoms with E-state index in [2.05, 4.69) is 21.2 Å². The number of ether oxygens (including phenoxy) is 2. The second kappa shape index (κ2) is 6.61. The van der Waals surface area contributed by atoms with Crippen LogP contribution in [0.2, 0.25) is 0 Å². The van der Waals surface area contributed by atoms with Gasteiger partial charge in [0.2, 0.25) is 0 Å². The quantitative estimate of drug-likeness (QED) is 0.865. The number of benzene rings is 1. The second-order valence-corrected chi connectivity index (χ2v) is 4.55. The van der Waals surface area contributed by atoms with Gasteiger partial charge >= 0.3 is 0 Å². The van der Waals surface area contributed by atoms with Crippen molar-refractivity contribution in [3.8, 4) is 11.5 Å². The van der Waals surface area contributed by atoms with E-state index in [0.717, 1.165) is 0 Å². The van der Waals surface area contributed by atoms with Crippen molar-refractivity contribution in [3.63, 3.8) is 0 Å². The summed E-state index contributed by atoms with van der Waals surface area (Å²) in [6.07, 6.45) is -0.590. The van der Waals surface area contributed by atoms with Crippen molar-refractivity contribution < 1.29 is 19.4 Å². The summed E-state index contributed by atoms with van der Waals surface area (Å²) in [5.41, 5.74) is 0.410. The van der Waals surface area contributed by atoms with Gasteiger partial charge in [-0.25, -0.2) is 0 Å². The molecule has 0 saturated heterocycles. The molecule has 1 aromatic carbocycles. The summed E-state index contributed by atoms with van der Waals surface area (Å²) in [5, 5.41) is 11.7. The van der Waals surface area contributed by atoms with Gasteiger partial charge in [-0.05, 0) is 35.0 Å². The lowest BCUT2D eigenvalue weighted by atomic mass is 10.2. The second-order valence-electron chi connectivity index (χ2n) is 3.75. The molecule has 0 aliphatic carbocycles. The van der Waals surface area contributed by atoms with Crippen LogP contribution in [0.5, 0.6) is 11.5 Å². The first-order valence-corrected chi connectivity index (χ1v) is 6.16. The Hall–Kier alpha value is -1.27. The Bertz CT molecular complexity index is 409. The van der Waals surface area contributed by atoms with Crippen LogP contribution in [0.3, 0.4) is 0 Å². The normalized spacial score (nSPS) is 11.8. The third-order valence-corrected chi connectivity index (χ3v) is 3.05. The topological polar surface area (TPSA) is 67.8 Å². The van der Waals surface area contributed by atoms with Crippen LogP contribution in [0.4, 0.5) is 0 Å². The van der Waals surface area contributed by atoms with Gasteiger partial charge in [-0.15, -0.1) is 0 Å². The van der Waals surface area contributed by atoms with Crippen LogP contribution in [0, 0.1) is 0 Å². The molecule has 100 valence electrons. The average molecular weight is 318 g/mol. The number of hydrogen-bond donors (Lipinski definition) is 2. The summed E-state index contributed by atoms with van der Waals surface area (Å²) in [7, 11) is 3.02. The molecule has 0 fully saturated rings. The predicted molar refractivity (Wildman–Crippen MR) is 71.3 cm³/mol. The van der Waals surface area contributed by atoms with E-state index in [0.29, 0.717) is 21.5 Å². The number of rotatable bonds is 5. The maximum Gasteiger partial charge on any atom is 0.251 e. The number of carbonyl (C=O) groups is 1. The first kappa shape index (κ1) is 14.8. The predicted octanol–water partition coefficient (Wildman–Crippen LogP) is 1.58. The Balaban J connectivity index is 2.98. The molecule has 0 aliphatic heterocycles. The molecular formula is C12H16BrNO4. The van der Waals surface area contributed by atoms with Gasteiger partial charge in [0.15, 0.2) is 0 Å². The van der Waals surface area contributed by atoms with E-state index in [1.807, 2.05) is 0 Å². The van der Waals surface area contributed by atoms with Gasteiger partial charge in [-0.3, -0.25) is 4.79 Å². The Labute approximate surface area is 114 Å². The van der Waals surface area contributed by atoms with Crippen LogP contribution in [-0.2, 0) is 0 Å². The number of aliphatic hydroxyl groups is 1. The molecule has 0 radical (unpaired) electrons. The number of carbonyl (C=O) groups excluding carboxylic acids is 1. The van der Waals surface area contributed by atoms with Crippen LogP contribution in [0.15, 0.2) is 16.6 Å². The summed E-state index contributed by atoms with van der Waals surface area (Å²) in [4.78, 5) is 11.8. The SMILES string of the molecule is COc1cc(C(=O)NC[C@H](C)O)cc(OC)c1Br. The third kappa shape index (κ3) is 3.61. The lowest BCUT2D eigenvalue weighted by molar-refractivity contribution is 0.0923. The Kier molecular flexibility index (Phi) is 5.43. The van der Waals surface area contributed by atoms with E-state index < -0.39 is 6.10 Å². The number of amides is 1. The molecule has 0 aromatic heterocycles. The molecule has 5 nitrogen and oxygen atoms in total. The largest absolute Gasteiger partial charge is 0.495 e. The van der Waals surface area contributed by atoms with Gasteiger partial charge in [0, 0.05) is 12.1 Å². The minimum Gasteiger partial charge on any atom is -0.495 e. The third-order valence-electron chi connectivity index (χ3n) is 2.27. The summed E-state index contributed by atoms with van der Waals surface area (Å²) in [5.74, 6) is 0.730. The van der Waals surface area contributed by atoms with Gasteiger partial charge in [0.1, 0.15) is 16.0 Å². The van der Waals surface area contributed by atoms with Crippen molar-refractivity contribution in [2.24, 2.45) is 0 Å². The van der Waals surface area contributed by atoms with Gasteiger partial charge < -0.3 is 19.9 Å². The van der Waals surface area contributed by atoms with Gasteiger partial charge in [0.05, 0.1) is 20.3 Å². The van der Waals surface area contributed by atoms with E-state index in [1.54, 1.807) is 19.1 Å². The molecule has 2 N–H and O–H groups in total. The molecule has 0 aliphatic rings. The van der Waals surface area contributed by atoms with Crippen LogP contribution < -0.4 is 14.8 Å². The Morgan fingerprint density at radius 1 is 1.39 bits per heavy atom. The molecule has 1 rings (SSSR count). The molecule has 1 aromatic rings. The molecule has 0 saturated carbocycles. The molecular weight excluding hydrogens is 302 g/mol. The maximum absolute atomic E-state index is 11.8.